The van der Waals surface area contributed by atoms with Gasteiger partial charge in [-0.1, -0.05) is 48.8 Å². The van der Waals surface area contributed by atoms with Gasteiger partial charge in [0.2, 0.25) is 5.95 Å². The number of thioether (sulfide) groups is 1. The molecule has 4 nitrogen and oxygen atoms in total. The van der Waals surface area contributed by atoms with Crippen LogP contribution in [0.25, 0.3) is 10.5 Å². The lowest BCUT2D eigenvalue weighted by Crippen LogP contribution is -2.01. The van der Waals surface area contributed by atoms with E-state index in [1.807, 2.05) is 6.92 Å². The highest BCUT2D eigenvalue weighted by atomic mass is 35.5. The number of nitrogen functional groups attached to an aromatic ring is 1. The third-order valence-electron chi connectivity index (χ3n) is 4.44. The summed E-state index contributed by atoms with van der Waals surface area (Å²) < 4.78 is 18.4. The number of hydrogen-bond acceptors (Lipinski definition) is 6. The van der Waals surface area contributed by atoms with Crippen molar-refractivity contribution in [3.8, 4) is 0 Å². The third kappa shape index (κ3) is 5.68. The standard InChI is InChI=1S/C21H24ClFN4S2/c1-4-9-28-27-18-11-15(22)10-16(19(18)23)12(2)20(29-13(3)14-5-6-14)17-7-8-25-21(24)26-17/h7-8,10-11,14,27H,3-6,9H2,1-2H3,(H2,24,25,26)/b20-12+. The largest absolute Gasteiger partial charge is 0.368 e. The Morgan fingerprint density at radius 2 is 2.17 bits per heavy atom. The molecule has 1 saturated carbocycles. The maximum Gasteiger partial charge on any atom is 0.220 e. The zero-order valence-corrected chi connectivity index (χ0v) is 18.9. The van der Waals surface area contributed by atoms with Gasteiger partial charge in [0.05, 0.1) is 11.4 Å². The number of nitrogens with two attached hydrogens (primary N) is 1. The molecular formula is C21H24ClFN4S2. The highest BCUT2D eigenvalue weighted by Crippen LogP contribution is 2.48. The molecular weight excluding hydrogens is 427 g/mol. The summed E-state index contributed by atoms with van der Waals surface area (Å²) in [6.07, 6.45) is 4.87. The van der Waals surface area contributed by atoms with Crippen molar-refractivity contribution in [2.24, 2.45) is 5.92 Å². The Kier molecular flexibility index (Phi) is 7.49. The number of anilines is 2. The fourth-order valence-electron chi connectivity index (χ4n) is 2.73. The van der Waals surface area contributed by atoms with Gasteiger partial charge in [-0.25, -0.2) is 14.4 Å². The first-order chi connectivity index (χ1) is 13.9. The average Bonchev–Trinajstić information content (AvgIpc) is 3.53. The molecule has 0 saturated heterocycles. The summed E-state index contributed by atoms with van der Waals surface area (Å²) in [6.45, 7) is 8.15. The quantitative estimate of drug-likeness (QED) is 0.321. The van der Waals surface area contributed by atoms with Crippen molar-refractivity contribution in [2.45, 2.75) is 33.1 Å². The van der Waals surface area contributed by atoms with Crippen LogP contribution in [0.1, 0.15) is 44.4 Å². The van der Waals surface area contributed by atoms with Crippen molar-refractivity contribution >= 4 is 57.4 Å². The first kappa shape index (κ1) is 22.0. The van der Waals surface area contributed by atoms with Crippen LogP contribution in [0.15, 0.2) is 35.9 Å². The van der Waals surface area contributed by atoms with E-state index in [9.17, 15) is 0 Å². The monoisotopic (exact) mass is 450 g/mol. The summed E-state index contributed by atoms with van der Waals surface area (Å²) in [4.78, 5) is 10.2. The lowest BCUT2D eigenvalue weighted by atomic mass is 10.0. The Hall–Kier alpha value is -1.70. The van der Waals surface area contributed by atoms with Gasteiger partial charge in [-0.05, 0) is 60.8 Å². The molecule has 0 bridgehead atoms. The van der Waals surface area contributed by atoms with Crippen molar-refractivity contribution in [3.63, 3.8) is 0 Å². The molecule has 0 unspecified atom stereocenters. The molecule has 0 aliphatic heterocycles. The molecule has 0 atom stereocenters. The summed E-state index contributed by atoms with van der Waals surface area (Å²) in [5, 5.41) is 0.466. The SMILES string of the molecule is C=C(S/C(=C(\C)c1cc(Cl)cc(NSCCC)c1F)c1ccnc(N)n1)C1CC1. The minimum Gasteiger partial charge on any atom is -0.368 e. The molecule has 0 amide bonds. The normalized spacial score (nSPS) is 14.5. The van der Waals surface area contributed by atoms with Crippen LogP contribution >= 0.6 is 35.3 Å². The van der Waals surface area contributed by atoms with Crippen molar-refractivity contribution in [1.29, 1.82) is 0 Å². The van der Waals surface area contributed by atoms with E-state index in [4.69, 9.17) is 17.3 Å². The maximum absolute atomic E-state index is 15.3. The number of rotatable bonds is 9. The van der Waals surface area contributed by atoms with Gasteiger partial charge in [-0.3, -0.25) is 0 Å². The number of aromatic nitrogens is 2. The molecule has 0 spiro atoms. The Balaban J connectivity index is 2.06. The number of hydrogen-bond donors (Lipinski definition) is 2. The van der Waals surface area contributed by atoms with Gasteiger partial charge in [0.15, 0.2) is 5.82 Å². The van der Waals surface area contributed by atoms with Crippen LogP contribution < -0.4 is 10.5 Å². The number of allylic oxidation sites excluding steroid dienone is 2. The molecule has 1 heterocycles. The van der Waals surface area contributed by atoms with Gasteiger partial charge >= 0.3 is 0 Å². The summed E-state index contributed by atoms with van der Waals surface area (Å²) >= 11 is 9.30. The Morgan fingerprint density at radius 3 is 2.83 bits per heavy atom. The summed E-state index contributed by atoms with van der Waals surface area (Å²) in [7, 11) is 0. The Labute approximate surface area is 184 Å². The third-order valence-corrected chi connectivity index (χ3v) is 6.95. The van der Waals surface area contributed by atoms with E-state index in [-0.39, 0.29) is 11.8 Å². The van der Waals surface area contributed by atoms with Crippen LogP contribution in [0.3, 0.4) is 0 Å². The minimum atomic E-state index is -0.340. The molecule has 154 valence electrons. The number of nitrogens with one attached hydrogen (secondary N) is 1. The molecule has 2 aromatic rings. The van der Waals surface area contributed by atoms with Crippen LogP contribution in [0.5, 0.6) is 0 Å². The van der Waals surface area contributed by atoms with E-state index < -0.39 is 0 Å². The van der Waals surface area contributed by atoms with Crippen molar-refractivity contribution in [2.75, 3.05) is 16.2 Å². The smallest absolute Gasteiger partial charge is 0.220 e. The molecule has 0 radical (unpaired) electrons. The number of benzene rings is 1. The number of nitrogens with zero attached hydrogens (tertiary/aromatic N) is 2. The van der Waals surface area contributed by atoms with Crippen LogP contribution in [0.2, 0.25) is 5.02 Å². The van der Waals surface area contributed by atoms with E-state index in [2.05, 4.69) is 28.2 Å². The maximum atomic E-state index is 15.3. The molecule has 1 fully saturated rings. The molecule has 3 rings (SSSR count). The molecule has 1 aliphatic rings. The van der Waals surface area contributed by atoms with Crippen molar-refractivity contribution in [3.05, 3.63) is 58.0 Å². The number of halogens is 2. The zero-order valence-electron chi connectivity index (χ0n) is 16.5. The molecule has 8 heteroatoms. The molecule has 1 aromatic heterocycles. The van der Waals surface area contributed by atoms with Crippen LogP contribution in [0.4, 0.5) is 16.0 Å². The fraction of sp³-hybridized carbons (Fsp3) is 0.333. The topological polar surface area (TPSA) is 63.8 Å². The van der Waals surface area contributed by atoms with Gasteiger partial charge < -0.3 is 10.5 Å². The fourth-order valence-corrected chi connectivity index (χ4v) is 4.70. The summed E-state index contributed by atoms with van der Waals surface area (Å²) in [5.41, 5.74) is 7.99. The van der Waals surface area contributed by atoms with E-state index in [1.165, 1.54) is 23.7 Å². The molecule has 1 aliphatic carbocycles. The van der Waals surface area contributed by atoms with Crippen LogP contribution in [-0.4, -0.2) is 15.7 Å². The van der Waals surface area contributed by atoms with Gasteiger partial charge in [-0.15, -0.1) is 0 Å². The zero-order chi connectivity index (χ0) is 21.0. The predicted octanol–water partition coefficient (Wildman–Crippen LogP) is 6.87. The lowest BCUT2D eigenvalue weighted by molar-refractivity contribution is 0.629. The van der Waals surface area contributed by atoms with Gasteiger partial charge in [0.25, 0.3) is 0 Å². The second-order valence-corrected chi connectivity index (χ2v) is 9.34. The second-order valence-electron chi connectivity index (χ2n) is 6.86. The Bertz CT molecular complexity index is 944. The first-order valence-corrected chi connectivity index (χ1v) is 11.6. The predicted molar refractivity (Wildman–Crippen MR) is 126 cm³/mol. The highest BCUT2D eigenvalue weighted by Gasteiger charge is 2.27. The Morgan fingerprint density at radius 1 is 1.41 bits per heavy atom. The van der Waals surface area contributed by atoms with Gasteiger partial charge in [0, 0.05) is 27.4 Å². The van der Waals surface area contributed by atoms with E-state index >= 15 is 4.39 Å². The van der Waals surface area contributed by atoms with Crippen LogP contribution in [-0.2, 0) is 0 Å². The molecule has 3 N–H and O–H groups in total. The molecule has 1 aromatic carbocycles. The molecule has 29 heavy (non-hydrogen) atoms. The van der Waals surface area contributed by atoms with Crippen LogP contribution in [0, 0.1) is 11.7 Å². The van der Waals surface area contributed by atoms with E-state index in [0.717, 1.165) is 40.4 Å². The van der Waals surface area contributed by atoms with Gasteiger partial charge in [-0.2, -0.15) is 0 Å². The van der Waals surface area contributed by atoms with Crippen molar-refractivity contribution < 1.29 is 4.39 Å². The highest BCUT2D eigenvalue weighted by molar-refractivity contribution is 8.12. The first-order valence-electron chi connectivity index (χ1n) is 9.44. The van der Waals surface area contributed by atoms with E-state index in [0.29, 0.717) is 27.9 Å². The average molecular weight is 451 g/mol. The summed E-state index contributed by atoms with van der Waals surface area (Å²) in [5.74, 6) is 1.20. The minimum absolute atomic E-state index is 0.176. The van der Waals surface area contributed by atoms with E-state index in [1.54, 1.807) is 24.4 Å². The lowest BCUT2D eigenvalue weighted by Gasteiger charge is -2.16. The second kappa shape index (κ2) is 9.87. The van der Waals surface area contributed by atoms with Crippen molar-refractivity contribution in [1.82, 2.24) is 9.97 Å². The van der Waals surface area contributed by atoms with Gasteiger partial charge in [0.1, 0.15) is 0 Å². The summed E-state index contributed by atoms with van der Waals surface area (Å²) in [6, 6.07) is 5.03.